The van der Waals surface area contributed by atoms with Crippen molar-refractivity contribution in [2.75, 3.05) is 18.6 Å². The van der Waals surface area contributed by atoms with E-state index in [1.807, 2.05) is 49.2 Å². The van der Waals surface area contributed by atoms with E-state index in [-0.39, 0.29) is 5.91 Å². The Kier molecular flexibility index (Phi) is 4.68. The fourth-order valence-electron chi connectivity index (χ4n) is 1.30. The molecule has 1 rings (SSSR count). The number of nitrogens with one attached hydrogen (secondary N) is 1. The molecule has 0 aliphatic rings. The number of nitrogens with zero attached hydrogens (tertiary/aromatic N) is 1. The lowest BCUT2D eigenvalue weighted by atomic mass is 10.3. The lowest BCUT2D eigenvalue weighted by Crippen LogP contribution is -2.35. The highest BCUT2D eigenvalue weighted by molar-refractivity contribution is 5.76. The smallest absolute Gasteiger partial charge is 0.221 e. The van der Waals surface area contributed by atoms with E-state index in [0.717, 1.165) is 12.1 Å². The molecule has 0 aromatic heterocycles. The van der Waals surface area contributed by atoms with E-state index in [1.54, 1.807) is 0 Å². The Hall–Kier alpha value is -1.51. The van der Waals surface area contributed by atoms with Gasteiger partial charge >= 0.3 is 0 Å². The molecule has 0 saturated heterocycles. The van der Waals surface area contributed by atoms with Crippen LogP contribution in [0, 0.1) is 0 Å². The highest BCUT2D eigenvalue weighted by Gasteiger charge is 2.01. The number of benzene rings is 1. The van der Waals surface area contributed by atoms with E-state index >= 15 is 0 Å². The standard InChI is InChI=1S/C12H18N2O/c1-3-7-12(15)13-10-14(2)11-8-5-4-6-9-11/h4-6,8-9H,3,7,10H2,1-2H3,(H,13,15). The Morgan fingerprint density at radius 2 is 2.00 bits per heavy atom. The number of rotatable bonds is 5. The number of anilines is 1. The number of carbonyl (C=O) groups is 1. The van der Waals surface area contributed by atoms with Gasteiger partial charge in [-0.2, -0.15) is 0 Å². The summed E-state index contributed by atoms with van der Waals surface area (Å²) in [5.74, 6) is 0.111. The van der Waals surface area contributed by atoms with E-state index in [9.17, 15) is 4.79 Å². The van der Waals surface area contributed by atoms with Crippen LogP contribution in [0.1, 0.15) is 19.8 Å². The van der Waals surface area contributed by atoms with Gasteiger partial charge in [-0.25, -0.2) is 0 Å². The SMILES string of the molecule is CCCC(=O)NCN(C)c1ccccc1. The van der Waals surface area contributed by atoms with Crippen LogP contribution in [0.5, 0.6) is 0 Å². The number of hydrogen-bond acceptors (Lipinski definition) is 2. The molecule has 3 nitrogen and oxygen atoms in total. The van der Waals surface area contributed by atoms with Gasteiger partial charge in [-0.1, -0.05) is 25.1 Å². The number of carbonyl (C=O) groups excluding carboxylic acids is 1. The third-order valence-corrected chi connectivity index (χ3v) is 2.19. The van der Waals surface area contributed by atoms with Crippen molar-refractivity contribution >= 4 is 11.6 Å². The molecular formula is C12H18N2O. The van der Waals surface area contributed by atoms with Gasteiger partial charge in [0.25, 0.3) is 0 Å². The summed E-state index contributed by atoms with van der Waals surface area (Å²) in [6.45, 7) is 2.56. The zero-order valence-corrected chi connectivity index (χ0v) is 9.36. The Morgan fingerprint density at radius 1 is 1.33 bits per heavy atom. The molecule has 0 atom stereocenters. The van der Waals surface area contributed by atoms with Crippen LogP contribution in [0.25, 0.3) is 0 Å². The van der Waals surface area contributed by atoms with Crippen molar-refractivity contribution in [3.05, 3.63) is 30.3 Å². The molecule has 3 heteroatoms. The molecule has 82 valence electrons. The van der Waals surface area contributed by atoms with Gasteiger partial charge in [0.05, 0.1) is 6.67 Å². The molecule has 1 aromatic carbocycles. The van der Waals surface area contributed by atoms with E-state index in [2.05, 4.69) is 5.32 Å². The van der Waals surface area contributed by atoms with Gasteiger partial charge in [0.2, 0.25) is 5.91 Å². The van der Waals surface area contributed by atoms with Crippen LogP contribution in [-0.4, -0.2) is 19.6 Å². The van der Waals surface area contributed by atoms with Gasteiger partial charge in [-0.15, -0.1) is 0 Å². The molecule has 0 fully saturated rings. The molecule has 0 aliphatic carbocycles. The average Bonchev–Trinajstić information content (AvgIpc) is 2.27. The third-order valence-electron chi connectivity index (χ3n) is 2.19. The predicted octanol–water partition coefficient (Wildman–Crippen LogP) is 2.00. The van der Waals surface area contributed by atoms with Crippen LogP contribution < -0.4 is 10.2 Å². The largest absolute Gasteiger partial charge is 0.357 e. The Morgan fingerprint density at radius 3 is 2.60 bits per heavy atom. The molecule has 0 heterocycles. The first-order valence-corrected chi connectivity index (χ1v) is 5.27. The van der Waals surface area contributed by atoms with Crippen molar-refractivity contribution in [3.8, 4) is 0 Å². The minimum absolute atomic E-state index is 0.111. The average molecular weight is 206 g/mol. The van der Waals surface area contributed by atoms with Crippen LogP contribution in [0.3, 0.4) is 0 Å². The second-order valence-electron chi connectivity index (χ2n) is 3.54. The molecule has 1 amide bonds. The Labute approximate surface area is 91.1 Å². The minimum Gasteiger partial charge on any atom is -0.357 e. The monoisotopic (exact) mass is 206 g/mol. The van der Waals surface area contributed by atoms with Crippen LogP contribution >= 0.6 is 0 Å². The number of para-hydroxylation sites is 1. The van der Waals surface area contributed by atoms with Crippen LogP contribution in [0.2, 0.25) is 0 Å². The van der Waals surface area contributed by atoms with Gasteiger partial charge < -0.3 is 10.2 Å². The molecule has 1 aromatic rings. The van der Waals surface area contributed by atoms with Crippen molar-refractivity contribution in [1.29, 1.82) is 0 Å². The van der Waals surface area contributed by atoms with E-state index in [0.29, 0.717) is 13.1 Å². The summed E-state index contributed by atoms with van der Waals surface area (Å²) in [5.41, 5.74) is 1.11. The fourth-order valence-corrected chi connectivity index (χ4v) is 1.30. The lowest BCUT2D eigenvalue weighted by Gasteiger charge is -2.19. The zero-order chi connectivity index (χ0) is 11.1. The highest BCUT2D eigenvalue weighted by Crippen LogP contribution is 2.09. The summed E-state index contributed by atoms with van der Waals surface area (Å²) in [6, 6.07) is 9.99. The Balaban J connectivity index is 2.37. The highest BCUT2D eigenvalue weighted by atomic mass is 16.1. The van der Waals surface area contributed by atoms with Gasteiger partial charge in [-0.05, 0) is 18.6 Å². The first-order chi connectivity index (χ1) is 7.24. The second-order valence-corrected chi connectivity index (χ2v) is 3.54. The first-order valence-electron chi connectivity index (χ1n) is 5.27. The summed E-state index contributed by atoms with van der Waals surface area (Å²) >= 11 is 0. The molecule has 0 saturated carbocycles. The normalized spacial score (nSPS) is 9.73. The second kappa shape index (κ2) is 6.06. The minimum atomic E-state index is 0.111. The van der Waals surface area contributed by atoms with E-state index < -0.39 is 0 Å². The fraction of sp³-hybridized carbons (Fsp3) is 0.417. The van der Waals surface area contributed by atoms with E-state index in [4.69, 9.17) is 0 Å². The molecular weight excluding hydrogens is 188 g/mol. The summed E-state index contributed by atoms with van der Waals surface area (Å²) in [6.07, 6.45) is 1.49. The molecule has 1 N–H and O–H groups in total. The van der Waals surface area contributed by atoms with Crippen molar-refractivity contribution in [2.45, 2.75) is 19.8 Å². The molecule has 0 unspecified atom stereocenters. The summed E-state index contributed by atoms with van der Waals surface area (Å²) < 4.78 is 0. The molecule has 15 heavy (non-hydrogen) atoms. The topological polar surface area (TPSA) is 32.3 Å². The van der Waals surface area contributed by atoms with Crippen molar-refractivity contribution < 1.29 is 4.79 Å². The number of hydrogen-bond donors (Lipinski definition) is 1. The third kappa shape index (κ3) is 4.02. The summed E-state index contributed by atoms with van der Waals surface area (Å²) in [4.78, 5) is 13.2. The maximum Gasteiger partial charge on any atom is 0.221 e. The van der Waals surface area contributed by atoms with Crippen LogP contribution in [-0.2, 0) is 4.79 Å². The summed E-state index contributed by atoms with van der Waals surface area (Å²) in [7, 11) is 1.96. The summed E-state index contributed by atoms with van der Waals surface area (Å²) in [5, 5.41) is 2.87. The van der Waals surface area contributed by atoms with Crippen LogP contribution in [0.4, 0.5) is 5.69 Å². The van der Waals surface area contributed by atoms with Gasteiger partial charge in [-0.3, -0.25) is 4.79 Å². The van der Waals surface area contributed by atoms with E-state index in [1.165, 1.54) is 0 Å². The van der Waals surface area contributed by atoms with Crippen molar-refractivity contribution in [1.82, 2.24) is 5.32 Å². The van der Waals surface area contributed by atoms with Gasteiger partial charge in [0.1, 0.15) is 0 Å². The van der Waals surface area contributed by atoms with Crippen molar-refractivity contribution in [3.63, 3.8) is 0 Å². The molecule has 0 spiro atoms. The molecule has 0 aliphatic heterocycles. The Bertz CT molecular complexity index is 298. The zero-order valence-electron chi connectivity index (χ0n) is 9.36. The predicted molar refractivity (Wildman–Crippen MR) is 62.8 cm³/mol. The number of amides is 1. The van der Waals surface area contributed by atoms with Gasteiger partial charge in [0, 0.05) is 19.2 Å². The van der Waals surface area contributed by atoms with Gasteiger partial charge in [0.15, 0.2) is 0 Å². The maximum absolute atomic E-state index is 11.2. The quantitative estimate of drug-likeness (QED) is 0.747. The maximum atomic E-state index is 11.2. The molecule has 0 bridgehead atoms. The lowest BCUT2D eigenvalue weighted by molar-refractivity contribution is -0.121. The van der Waals surface area contributed by atoms with Crippen LogP contribution in [0.15, 0.2) is 30.3 Å². The first kappa shape index (κ1) is 11.6. The molecule has 0 radical (unpaired) electrons. The van der Waals surface area contributed by atoms with Crippen molar-refractivity contribution in [2.24, 2.45) is 0 Å².